The molecule has 9 heteroatoms. The molecule has 0 aliphatic rings. The van der Waals surface area contributed by atoms with Crippen LogP contribution in [-0.4, -0.2) is 29.9 Å². The summed E-state index contributed by atoms with van der Waals surface area (Å²) in [4.78, 5) is 7.55. The summed E-state index contributed by atoms with van der Waals surface area (Å²) in [6.45, 7) is 0.296. The Balaban J connectivity index is 1.99. The topological polar surface area (TPSA) is 101 Å². The van der Waals surface area contributed by atoms with Crippen LogP contribution in [0, 0.1) is 0 Å². The molecule has 0 radical (unpaired) electrons. The summed E-state index contributed by atoms with van der Waals surface area (Å²) in [7, 11) is -3.51. The molecule has 0 aromatic carbocycles. The molecule has 0 spiro atoms. The lowest BCUT2D eigenvalue weighted by molar-refractivity contribution is 0.583. The highest BCUT2D eigenvalue weighted by molar-refractivity contribution is 7.91. The zero-order valence-corrected chi connectivity index (χ0v) is 12.2. The summed E-state index contributed by atoms with van der Waals surface area (Å²) in [6, 6.07) is 3.11. The van der Waals surface area contributed by atoms with Gasteiger partial charge in [-0.2, -0.15) is 0 Å². The van der Waals surface area contributed by atoms with E-state index in [4.69, 9.17) is 18.0 Å². The Hall–Kier alpha value is -1.29. The van der Waals surface area contributed by atoms with E-state index in [1.165, 1.54) is 6.07 Å². The summed E-state index contributed by atoms with van der Waals surface area (Å²) in [5.74, 6) is 0. The van der Waals surface area contributed by atoms with Crippen LogP contribution >= 0.6 is 23.6 Å². The third-order valence-electron chi connectivity index (χ3n) is 2.33. The molecule has 2 aromatic heterocycles. The lowest BCUT2D eigenvalue weighted by Crippen LogP contribution is -2.25. The second-order valence-corrected chi connectivity index (χ2v) is 7.22. The van der Waals surface area contributed by atoms with Crippen LogP contribution in [0.1, 0.15) is 10.6 Å². The number of hydrogen-bond donors (Lipinski definition) is 3. The lowest BCUT2D eigenvalue weighted by Gasteiger charge is -2.03. The van der Waals surface area contributed by atoms with Crippen LogP contribution in [0.2, 0.25) is 0 Å². The van der Waals surface area contributed by atoms with Gasteiger partial charge in [-0.1, -0.05) is 12.2 Å². The van der Waals surface area contributed by atoms with Gasteiger partial charge in [0.2, 0.25) is 10.0 Å². The highest BCUT2D eigenvalue weighted by Crippen LogP contribution is 2.21. The first kappa shape index (κ1) is 14.1. The fraction of sp³-hybridized carbons (Fsp3) is 0.200. The summed E-state index contributed by atoms with van der Waals surface area (Å²) in [5, 5.41) is 0. The Kier molecular flexibility index (Phi) is 4.30. The van der Waals surface area contributed by atoms with Crippen LogP contribution in [0.15, 0.2) is 28.9 Å². The Morgan fingerprint density at radius 1 is 1.53 bits per heavy atom. The number of thiophene rings is 1. The molecule has 0 atom stereocenters. The predicted molar refractivity (Wildman–Crippen MR) is 77.7 cm³/mol. The number of nitrogens with zero attached hydrogens (tertiary/aromatic N) is 1. The minimum Gasteiger partial charge on any atom is -0.389 e. The first-order valence-corrected chi connectivity index (χ1v) is 8.06. The minimum atomic E-state index is -3.51. The molecule has 0 saturated heterocycles. The Morgan fingerprint density at radius 2 is 2.32 bits per heavy atom. The number of hydrogen-bond acceptors (Lipinski definition) is 5. The molecule has 0 aliphatic carbocycles. The number of H-pyrrole nitrogens is 1. The Morgan fingerprint density at radius 3 is 2.89 bits per heavy atom. The van der Waals surface area contributed by atoms with Crippen molar-refractivity contribution in [2.75, 3.05) is 6.54 Å². The van der Waals surface area contributed by atoms with Gasteiger partial charge in [-0.25, -0.2) is 18.1 Å². The SMILES string of the molecule is NC(=S)c1ccc(S(=O)(=O)NCCc2cnc[nH]2)s1. The maximum absolute atomic E-state index is 12.0. The second kappa shape index (κ2) is 5.78. The largest absolute Gasteiger partial charge is 0.389 e. The molecule has 2 rings (SSSR count). The zero-order valence-electron chi connectivity index (χ0n) is 9.79. The summed E-state index contributed by atoms with van der Waals surface area (Å²) in [6.07, 6.45) is 3.76. The molecule has 0 aliphatic heterocycles. The fourth-order valence-corrected chi connectivity index (χ4v) is 3.84. The summed E-state index contributed by atoms with van der Waals surface area (Å²) in [5.41, 5.74) is 6.32. The van der Waals surface area contributed by atoms with Gasteiger partial charge < -0.3 is 10.7 Å². The third kappa shape index (κ3) is 3.60. The Bertz CT molecular complexity index is 661. The van der Waals surface area contributed by atoms with E-state index in [9.17, 15) is 8.42 Å². The van der Waals surface area contributed by atoms with Crippen LogP contribution in [0.3, 0.4) is 0 Å². The molecule has 0 unspecified atom stereocenters. The number of nitrogens with one attached hydrogen (secondary N) is 2. The van der Waals surface area contributed by atoms with E-state index in [1.807, 2.05) is 0 Å². The van der Waals surface area contributed by atoms with Gasteiger partial charge in [-0.15, -0.1) is 11.3 Å². The maximum atomic E-state index is 12.0. The third-order valence-corrected chi connectivity index (χ3v) is 5.75. The molecule has 0 amide bonds. The van der Waals surface area contributed by atoms with E-state index in [2.05, 4.69) is 14.7 Å². The van der Waals surface area contributed by atoms with Crippen LogP contribution in [-0.2, 0) is 16.4 Å². The van der Waals surface area contributed by atoms with Gasteiger partial charge in [0.15, 0.2) is 0 Å². The number of aromatic nitrogens is 2. The van der Waals surface area contributed by atoms with Gasteiger partial charge in [-0.3, -0.25) is 0 Å². The maximum Gasteiger partial charge on any atom is 0.250 e. The number of thiocarbonyl (C=S) groups is 1. The van der Waals surface area contributed by atoms with E-state index >= 15 is 0 Å². The molecular formula is C10H12N4O2S3. The van der Waals surface area contributed by atoms with Crippen molar-refractivity contribution in [1.29, 1.82) is 0 Å². The Labute approximate surface area is 120 Å². The van der Waals surface area contributed by atoms with Crippen molar-refractivity contribution in [1.82, 2.24) is 14.7 Å². The number of sulfonamides is 1. The van der Waals surface area contributed by atoms with Gasteiger partial charge in [0.25, 0.3) is 0 Å². The van der Waals surface area contributed by atoms with Crippen LogP contribution in [0.4, 0.5) is 0 Å². The highest BCUT2D eigenvalue weighted by Gasteiger charge is 2.16. The van der Waals surface area contributed by atoms with Gasteiger partial charge in [0.1, 0.15) is 9.20 Å². The van der Waals surface area contributed by atoms with Crippen molar-refractivity contribution in [3.05, 3.63) is 35.2 Å². The van der Waals surface area contributed by atoms with Crippen molar-refractivity contribution in [3.8, 4) is 0 Å². The molecule has 102 valence electrons. The summed E-state index contributed by atoms with van der Waals surface area (Å²) < 4.78 is 26.7. The smallest absolute Gasteiger partial charge is 0.250 e. The van der Waals surface area contributed by atoms with Crippen molar-refractivity contribution in [3.63, 3.8) is 0 Å². The average molecular weight is 316 g/mol. The monoisotopic (exact) mass is 316 g/mol. The van der Waals surface area contributed by atoms with E-state index < -0.39 is 10.0 Å². The van der Waals surface area contributed by atoms with Crippen molar-refractivity contribution >= 4 is 38.6 Å². The highest BCUT2D eigenvalue weighted by atomic mass is 32.2. The molecule has 0 bridgehead atoms. The minimum absolute atomic E-state index is 0.198. The van der Waals surface area contributed by atoms with Crippen LogP contribution in [0.5, 0.6) is 0 Å². The van der Waals surface area contributed by atoms with E-state index in [-0.39, 0.29) is 9.20 Å². The first-order chi connectivity index (χ1) is 8.99. The molecule has 2 aromatic rings. The molecule has 4 N–H and O–H groups in total. The van der Waals surface area contributed by atoms with Gasteiger partial charge in [-0.05, 0) is 12.1 Å². The molecular weight excluding hydrogens is 304 g/mol. The zero-order chi connectivity index (χ0) is 13.9. The normalized spacial score (nSPS) is 11.6. The fourth-order valence-electron chi connectivity index (χ4n) is 1.41. The van der Waals surface area contributed by atoms with Crippen LogP contribution < -0.4 is 10.5 Å². The van der Waals surface area contributed by atoms with E-state index in [1.54, 1.807) is 18.6 Å². The average Bonchev–Trinajstić information content (AvgIpc) is 2.99. The number of nitrogens with two attached hydrogens (primary N) is 1. The second-order valence-electron chi connectivity index (χ2n) is 3.71. The van der Waals surface area contributed by atoms with Crippen LogP contribution in [0.25, 0.3) is 0 Å². The summed E-state index contributed by atoms with van der Waals surface area (Å²) >= 11 is 5.86. The molecule has 19 heavy (non-hydrogen) atoms. The predicted octanol–water partition coefficient (Wildman–Crippen LogP) is 0.626. The molecule has 6 nitrogen and oxygen atoms in total. The van der Waals surface area contributed by atoms with Crippen molar-refractivity contribution in [2.24, 2.45) is 5.73 Å². The standard InChI is InChI=1S/C10H12N4O2S3/c11-10(17)8-1-2-9(18-8)19(15,16)14-4-3-7-5-12-6-13-7/h1-2,5-6,14H,3-4H2,(H2,11,17)(H,12,13). The molecule has 2 heterocycles. The number of rotatable bonds is 6. The number of imidazole rings is 1. The van der Waals surface area contributed by atoms with Gasteiger partial charge >= 0.3 is 0 Å². The number of aromatic amines is 1. The quantitative estimate of drug-likeness (QED) is 0.679. The van der Waals surface area contributed by atoms with Crippen molar-refractivity contribution in [2.45, 2.75) is 10.6 Å². The molecule has 0 saturated carbocycles. The lowest BCUT2D eigenvalue weighted by atomic mass is 10.3. The van der Waals surface area contributed by atoms with E-state index in [0.29, 0.717) is 17.8 Å². The molecule has 0 fully saturated rings. The van der Waals surface area contributed by atoms with E-state index in [0.717, 1.165) is 17.0 Å². The van der Waals surface area contributed by atoms with Gasteiger partial charge in [0, 0.05) is 24.9 Å². The van der Waals surface area contributed by atoms with Gasteiger partial charge in [0.05, 0.1) is 11.2 Å². The first-order valence-electron chi connectivity index (χ1n) is 5.35. The van der Waals surface area contributed by atoms with Crippen molar-refractivity contribution < 1.29 is 8.42 Å².